The van der Waals surface area contributed by atoms with E-state index in [1.165, 1.54) is 27.4 Å². The molecule has 4 aromatic carbocycles. The number of nitrogens with zero attached hydrogens (tertiary/aromatic N) is 2. The molecule has 0 saturated heterocycles. The van der Waals surface area contributed by atoms with Crippen molar-refractivity contribution in [2.24, 2.45) is 7.05 Å². The van der Waals surface area contributed by atoms with Gasteiger partial charge in [-0.05, 0) is 12.1 Å². The summed E-state index contributed by atoms with van der Waals surface area (Å²) in [6, 6.07) is 41.3. The molecule has 3 heteroatoms. The molecule has 1 aromatic heterocycles. The second kappa shape index (κ2) is 7.10. The molecule has 0 spiro atoms. The predicted octanol–water partition coefficient (Wildman–Crippen LogP) is 2.98. The lowest BCUT2D eigenvalue weighted by Gasteiger charge is -2.40. The summed E-state index contributed by atoms with van der Waals surface area (Å²) in [5, 5.41) is 0. The van der Waals surface area contributed by atoms with Crippen LogP contribution in [0.15, 0.2) is 122 Å². The molecule has 1 heterocycles. The van der Waals surface area contributed by atoms with Crippen LogP contribution >= 0.6 is 0 Å². The van der Waals surface area contributed by atoms with E-state index < -0.39 is 6.28 Å². The molecule has 0 aliphatic heterocycles. The highest BCUT2D eigenvalue weighted by Gasteiger charge is 2.39. The van der Waals surface area contributed by atoms with Crippen molar-refractivity contribution in [1.82, 2.24) is 4.57 Å². The molecule has 0 saturated carbocycles. The summed E-state index contributed by atoms with van der Waals surface area (Å²) in [4.78, 5) is 0. The van der Waals surface area contributed by atoms with Crippen LogP contribution in [0, 0.1) is 0 Å². The van der Waals surface area contributed by atoms with Crippen molar-refractivity contribution in [3.8, 4) is 0 Å². The molecule has 0 fully saturated rings. The van der Waals surface area contributed by atoms with Gasteiger partial charge in [0.05, 0.1) is 7.05 Å². The van der Waals surface area contributed by atoms with Crippen molar-refractivity contribution in [3.63, 3.8) is 0 Å². The molecule has 0 amide bonds. The van der Waals surface area contributed by atoms with E-state index >= 15 is 0 Å². The van der Waals surface area contributed by atoms with Gasteiger partial charge in [0.2, 0.25) is 0 Å². The molecule has 0 aliphatic carbocycles. The zero-order valence-electron chi connectivity index (χ0n) is 16.5. The van der Waals surface area contributed by atoms with Crippen molar-refractivity contribution < 1.29 is 4.48 Å². The Kier molecular flexibility index (Phi) is 4.29. The fraction of sp³-hybridized carbons (Fsp3) is 0.0385. The number of aromatic nitrogens is 2. The van der Waals surface area contributed by atoms with E-state index in [-0.39, 0.29) is 0 Å². The number of aryl methyl sites for hydroxylation is 1. The molecule has 0 unspecified atom stereocenters. The summed E-state index contributed by atoms with van der Waals surface area (Å²) in [5.41, 5.74) is 6.34. The Labute approximate surface area is 171 Å². The van der Waals surface area contributed by atoms with Crippen LogP contribution in [-0.2, 0) is 7.05 Å². The first-order valence-electron chi connectivity index (χ1n) is 10.1. The van der Waals surface area contributed by atoms with Gasteiger partial charge in [0.15, 0.2) is 11.8 Å². The molecular weight excluding hydrogens is 351 g/mol. The number of benzene rings is 4. The summed E-state index contributed by atoms with van der Waals surface area (Å²) in [7, 11) is 2.13. The van der Waals surface area contributed by atoms with Gasteiger partial charge in [0, 0.05) is 0 Å². The van der Waals surface area contributed by atoms with Crippen LogP contribution < -0.4 is 20.9 Å². The van der Waals surface area contributed by atoms with E-state index in [9.17, 15) is 0 Å². The van der Waals surface area contributed by atoms with Crippen LogP contribution in [0.1, 0.15) is 0 Å². The molecule has 0 atom stereocenters. The maximum Gasteiger partial charge on any atom is 0.272 e. The van der Waals surface area contributed by atoms with Crippen molar-refractivity contribution in [2.45, 2.75) is 0 Å². The lowest BCUT2D eigenvalue weighted by atomic mass is 9.24. The molecule has 5 rings (SSSR count). The summed E-state index contributed by atoms with van der Waals surface area (Å²) in [6.07, 6.45) is 0.836. The highest BCUT2D eigenvalue weighted by atomic mass is 15.1. The number of hydrogen-bond donors (Lipinski definition) is 0. The van der Waals surface area contributed by atoms with Crippen LogP contribution in [0.4, 0.5) is 0 Å². The number of fused-ring (bicyclic) bond motifs is 1. The second-order valence-electron chi connectivity index (χ2n) is 7.67. The van der Waals surface area contributed by atoms with Crippen molar-refractivity contribution in [1.29, 1.82) is 0 Å². The monoisotopic (exact) mass is 374 g/mol. The average Bonchev–Trinajstić information content (AvgIpc) is 3.14. The average molecular weight is 374 g/mol. The number of hydrogen-bond acceptors (Lipinski definition) is 0. The van der Waals surface area contributed by atoms with E-state index in [2.05, 4.69) is 138 Å². The van der Waals surface area contributed by atoms with Crippen LogP contribution in [0.25, 0.3) is 11.0 Å². The van der Waals surface area contributed by atoms with Crippen molar-refractivity contribution in [3.05, 3.63) is 122 Å². The van der Waals surface area contributed by atoms with Gasteiger partial charge in [0.1, 0.15) is 5.52 Å². The first-order valence-corrected chi connectivity index (χ1v) is 10.1. The second-order valence-corrected chi connectivity index (χ2v) is 7.67. The van der Waals surface area contributed by atoms with Gasteiger partial charge in [-0.25, -0.2) is 4.57 Å². The topological polar surface area (TPSA) is 8.81 Å². The van der Waals surface area contributed by atoms with E-state index in [1.807, 2.05) is 0 Å². The molecule has 0 N–H and O–H groups in total. The normalized spacial score (nSPS) is 11.6. The number of imidazole rings is 1. The van der Waals surface area contributed by atoms with Gasteiger partial charge in [-0.1, -0.05) is 103 Å². The molecule has 0 bridgehead atoms. The van der Waals surface area contributed by atoms with Crippen LogP contribution in [0.5, 0.6) is 0 Å². The Morgan fingerprint density at radius 1 is 0.552 bits per heavy atom. The Hall–Kier alpha value is -3.59. The highest BCUT2D eigenvalue weighted by molar-refractivity contribution is 7.05. The van der Waals surface area contributed by atoms with Crippen molar-refractivity contribution >= 4 is 33.7 Å². The van der Waals surface area contributed by atoms with Crippen molar-refractivity contribution in [2.75, 3.05) is 0 Å². The third-order valence-corrected chi connectivity index (χ3v) is 6.10. The summed E-state index contributed by atoms with van der Waals surface area (Å²) < 4.78 is 4.70. The molecule has 0 radical (unpaired) electrons. The molecule has 29 heavy (non-hydrogen) atoms. The van der Waals surface area contributed by atoms with Gasteiger partial charge >= 0.3 is 0 Å². The predicted molar refractivity (Wildman–Crippen MR) is 122 cm³/mol. The molecular formula is C26H23BN2. The fourth-order valence-corrected chi connectivity index (χ4v) is 4.85. The van der Waals surface area contributed by atoms with Crippen LogP contribution in [-0.4, -0.2) is 10.8 Å². The summed E-state index contributed by atoms with van der Waals surface area (Å²) >= 11 is 0. The largest absolute Gasteiger partial charge is 0.416 e. The minimum Gasteiger partial charge on any atom is -0.416 e. The molecule has 0 aliphatic rings. The Morgan fingerprint density at radius 2 is 0.966 bits per heavy atom. The molecule has 5 aromatic rings. The highest BCUT2D eigenvalue weighted by Crippen LogP contribution is 2.13. The Morgan fingerprint density at radius 3 is 1.45 bits per heavy atom. The number of para-hydroxylation sites is 2. The number of rotatable bonds is 4. The third-order valence-electron chi connectivity index (χ3n) is 6.10. The minimum absolute atomic E-state index is 1.22. The Bertz CT molecular complexity index is 1150. The smallest absolute Gasteiger partial charge is 0.272 e. The zero-order valence-corrected chi connectivity index (χ0v) is 16.5. The van der Waals surface area contributed by atoms with E-state index in [1.54, 1.807) is 0 Å². The first-order chi connectivity index (χ1) is 14.3. The van der Waals surface area contributed by atoms with Gasteiger partial charge < -0.3 is 4.48 Å². The van der Waals surface area contributed by atoms with Gasteiger partial charge in [-0.15, -0.1) is 0 Å². The van der Waals surface area contributed by atoms with E-state index in [0.29, 0.717) is 0 Å². The Balaban J connectivity index is 1.99. The quantitative estimate of drug-likeness (QED) is 0.428. The van der Waals surface area contributed by atoms with Gasteiger partial charge in [-0.3, -0.25) is 0 Å². The lowest BCUT2D eigenvalue weighted by molar-refractivity contribution is -0.510. The standard InChI is InChI=1S/C26H23BN2/c1-28-21-29(26-20-12-11-19-25(26)28)27(22-13-5-2-6-14-22,23-15-7-3-8-16-23)24-17-9-4-10-18-24/h2-21H,1H3. The summed E-state index contributed by atoms with van der Waals surface area (Å²) in [5.74, 6) is 0. The third kappa shape index (κ3) is 2.70. The summed E-state index contributed by atoms with van der Waals surface area (Å²) in [6.45, 7) is 0. The van der Waals surface area contributed by atoms with Gasteiger partial charge in [0.25, 0.3) is 6.28 Å². The van der Waals surface area contributed by atoms with Gasteiger partial charge in [-0.2, -0.15) is 16.4 Å². The SMILES string of the molecule is Cn1c[n+]([B-](c2ccccc2)(c2ccccc2)c2ccccc2)c2ccccc21. The van der Waals surface area contributed by atoms with E-state index in [4.69, 9.17) is 0 Å². The lowest BCUT2D eigenvalue weighted by Crippen LogP contribution is -2.84. The molecule has 140 valence electrons. The maximum absolute atomic E-state index is 2.48. The van der Waals surface area contributed by atoms with Crippen LogP contribution in [0.2, 0.25) is 0 Å². The van der Waals surface area contributed by atoms with E-state index in [0.717, 1.165) is 0 Å². The maximum atomic E-state index is 2.48. The fourth-order valence-electron chi connectivity index (χ4n) is 4.85. The first kappa shape index (κ1) is 17.5. The molecule has 2 nitrogen and oxygen atoms in total. The van der Waals surface area contributed by atoms with Crippen LogP contribution in [0.3, 0.4) is 0 Å². The zero-order chi connectivity index (χ0) is 19.7. The minimum atomic E-state index is -1.41.